The lowest BCUT2D eigenvalue weighted by molar-refractivity contribution is 0.0979. The van der Waals surface area contributed by atoms with E-state index in [0.29, 0.717) is 17.2 Å². The fourth-order valence-electron chi connectivity index (χ4n) is 2.11. The van der Waals surface area contributed by atoms with Crippen LogP contribution in [0, 0.1) is 5.82 Å². The van der Waals surface area contributed by atoms with Crippen LogP contribution in [0.4, 0.5) is 4.39 Å². The summed E-state index contributed by atoms with van der Waals surface area (Å²) in [6.45, 7) is 1.73. The third-order valence-corrected chi connectivity index (χ3v) is 4.70. The molecule has 0 aliphatic carbocycles. The molecule has 104 valence electrons. The summed E-state index contributed by atoms with van der Waals surface area (Å²) < 4.78 is 18.1. The second-order valence-corrected chi connectivity index (χ2v) is 6.12. The molecule has 0 amide bonds. The number of carbonyl (C=O) groups is 1. The van der Waals surface area contributed by atoms with Gasteiger partial charge in [-0.3, -0.25) is 4.79 Å². The molecular weight excluding hydrogens is 263 g/mol. The molecule has 0 N–H and O–H groups in total. The zero-order valence-electron chi connectivity index (χ0n) is 10.9. The van der Waals surface area contributed by atoms with Gasteiger partial charge in [0.2, 0.25) is 0 Å². The Hall–Kier alpha value is -0.870. The molecule has 19 heavy (non-hydrogen) atoms. The first-order chi connectivity index (χ1) is 9.25. The van der Waals surface area contributed by atoms with Crippen molar-refractivity contribution in [1.82, 2.24) is 0 Å². The fraction of sp³-hybridized carbons (Fsp3) is 0.533. The number of hydrogen-bond donors (Lipinski definition) is 0. The fourth-order valence-corrected chi connectivity index (χ4v) is 3.28. The predicted octanol–water partition coefficient (Wildman–Crippen LogP) is 3.70. The van der Waals surface area contributed by atoms with Gasteiger partial charge in [-0.1, -0.05) is 0 Å². The lowest BCUT2D eigenvalue weighted by Gasteiger charge is -2.21. The Kier molecular flexibility index (Phi) is 5.86. The standard InChI is InChI=1S/C15H19FO2S/c16-13-5-3-12(4-6-13)15(17)2-1-11-19-14-7-9-18-10-8-14/h3-6,14H,1-2,7-11H2. The van der Waals surface area contributed by atoms with Crippen LogP contribution in [0.25, 0.3) is 0 Å². The Bertz CT molecular complexity index is 399. The lowest BCUT2D eigenvalue weighted by atomic mass is 10.1. The molecule has 0 spiro atoms. The van der Waals surface area contributed by atoms with Crippen molar-refractivity contribution < 1.29 is 13.9 Å². The average molecular weight is 282 g/mol. The van der Waals surface area contributed by atoms with Crippen LogP contribution in [0.1, 0.15) is 36.0 Å². The Labute approximate surface area is 117 Å². The van der Waals surface area contributed by atoms with E-state index in [-0.39, 0.29) is 11.6 Å². The van der Waals surface area contributed by atoms with E-state index in [1.165, 1.54) is 12.1 Å². The van der Waals surface area contributed by atoms with Crippen LogP contribution >= 0.6 is 11.8 Å². The first kappa shape index (κ1) is 14.5. The van der Waals surface area contributed by atoms with Gasteiger partial charge in [-0.15, -0.1) is 0 Å². The quantitative estimate of drug-likeness (QED) is 0.588. The molecule has 0 atom stereocenters. The normalized spacial score (nSPS) is 16.5. The molecular formula is C15H19FO2S. The molecule has 0 unspecified atom stereocenters. The minimum absolute atomic E-state index is 0.104. The highest BCUT2D eigenvalue weighted by atomic mass is 32.2. The van der Waals surface area contributed by atoms with E-state index < -0.39 is 0 Å². The van der Waals surface area contributed by atoms with Crippen LogP contribution in [-0.4, -0.2) is 30.0 Å². The van der Waals surface area contributed by atoms with Gasteiger partial charge < -0.3 is 4.74 Å². The maximum atomic E-state index is 12.7. The maximum Gasteiger partial charge on any atom is 0.162 e. The topological polar surface area (TPSA) is 26.3 Å². The third kappa shape index (κ3) is 4.96. The van der Waals surface area contributed by atoms with Gasteiger partial charge in [-0.2, -0.15) is 11.8 Å². The van der Waals surface area contributed by atoms with Gasteiger partial charge in [0.1, 0.15) is 5.82 Å². The molecule has 1 aromatic carbocycles. The second kappa shape index (κ2) is 7.65. The van der Waals surface area contributed by atoms with E-state index in [1.54, 1.807) is 12.1 Å². The summed E-state index contributed by atoms with van der Waals surface area (Å²) in [5.74, 6) is 0.816. The molecule has 0 radical (unpaired) electrons. The number of halogens is 1. The summed E-state index contributed by atoms with van der Waals surface area (Å²) in [5.41, 5.74) is 0.609. The first-order valence-electron chi connectivity index (χ1n) is 6.74. The molecule has 1 fully saturated rings. The highest BCUT2D eigenvalue weighted by Crippen LogP contribution is 2.23. The second-order valence-electron chi connectivity index (χ2n) is 4.72. The maximum absolute atomic E-state index is 12.7. The van der Waals surface area contributed by atoms with E-state index >= 15 is 0 Å². The van der Waals surface area contributed by atoms with Gasteiger partial charge in [0.05, 0.1) is 0 Å². The molecule has 1 aliphatic rings. The molecule has 2 rings (SSSR count). The molecule has 1 heterocycles. The monoisotopic (exact) mass is 282 g/mol. The van der Waals surface area contributed by atoms with Crippen LogP contribution in [0.2, 0.25) is 0 Å². The van der Waals surface area contributed by atoms with E-state index in [2.05, 4.69) is 0 Å². The number of benzene rings is 1. The van der Waals surface area contributed by atoms with Crippen molar-refractivity contribution >= 4 is 17.5 Å². The van der Waals surface area contributed by atoms with Crippen molar-refractivity contribution in [3.8, 4) is 0 Å². The molecule has 1 aliphatic heterocycles. The van der Waals surface area contributed by atoms with Crippen LogP contribution in [0.5, 0.6) is 0 Å². The lowest BCUT2D eigenvalue weighted by Crippen LogP contribution is -2.17. The zero-order valence-corrected chi connectivity index (χ0v) is 11.8. The predicted molar refractivity (Wildman–Crippen MR) is 76.3 cm³/mol. The van der Waals surface area contributed by atoms with Crippen LogP contribution in [-0.2, 0) is 4.74 Å². The zero-order chi connectivity index (χ0) is 13.5. The van der Waals surface area contributed by atoms with Crippen molar-refractivity contribution in [3.05, 3.63) is 35.6 Å². The minimum Gasteiger partial charge on any atom is -0.381 e. The molecule has 1 saturated heterocycles. The Morgan fingerprint density at radius 1 is 1.26 bits per heavy atom. The molecule has 0 bridgehead atoms. The number of rotatable bonds is 6. The number of thioether (sulfide) groups is 1. The van der Waals surface area contributed by atoms with Crippen molar-refractivity contribution in [1.29, 1.82) is 0 Å². The summed E-state index contributed by atoms with van der Waals surface area (Å²) in [7, 11) is 0. The number of carbonyl (C=O) groups excluding carboxylic acids is 1. The Morgan fingerprint density at radius 3 is 2.63 bits per heavy atom. The molecule has 4 heteroatoms. The van der Waals surface area contributed by atoms with Gasteiger partial charge in [0.25, 0.3) is 0 Å². The largest absolute Gasteiger partial charge is 0.381 e. The van der Waals surface area contributed by atoms with E-state index in [1.807, 2.05) is 11.8 Å². The average Bonchev–Trinajstić information content (AvgIpc) is 2.45. The van der Waals surface area contributed by atoms with Crippen molar-refractivity contribution in [2.24, 2.45) is 0 Å². The smallest absolute Gasteiger partial charge is 0.162 e. The first-order valence-corrected chi connectivity index (χ1v) is 7.79. The number of Topliss-reactive ketones (excluding diaryl/α,β-unsaturated/α-hetero) is 1. The SMILES string of the molecule is O=C(CCCSC1CCOCC1)c1ccc(F)cc1. The van der Waals surface area contributed by atoms with Gasteiger partial charge in [-0.05, 0) is 49.3 Å². The summed E-state index contributed by atoms with van der Waals surface area (Å²) >= 11 is 1.94. The summed E-state index contributed by atoms with van der Waals surface area (Å²) in [6.07, 6.45) is 3.67. The number of ketones is 1. The minimum atomic E-state index is -0.299. The van der Waals surface area contributed by atoms with Crippen LogP contribution < -0.4 is 0 Å². The molecule has 0 aromatic heterocycles. The number of hydrogen-bond acceptors (Lipinski definition) is 3. The van der Waals surface area contributed by atoms with Gasteiger partial charge in [0.15, 0.2) is 5.78 Å². The molecule has 0 saturated carbocycles. The number of ether oxygens (including phenoxy) is 1. The van der Waals surface area contributed by atoms with Gasteiger partial charge in [-0.25, -0.2) is 4.39 Å². The van der Waals surface area contributed by atoms with E-state index in [9.17, 15) is 9.18 Å². The van der Waals surface area contributed by atoms with Crippen molar-refractivity contribution in [3.63, 3.8) is 0 Å². The van der Waals surface area contributed by atoms with Gasteiger partial charge in [0, 0.05) is 30.4 Å². The highest BCUT2D eigenvalue weighted by molar-refractivity contribution is 7.99. The van der Waals surface area contributed by atoms with E-state index in [4.69, 9.17) is 4.74 Å². The van der Waals surface area contributed by atoms with Crippen molar-refractivity contribution in [2.75, 3.05) is 19.0 Å². The van der Waals surface area contributed by atoms with Crippen LogP contribution in [0.3, 0.4) is 0 Å². The molecule has 1 aromatic rings. The third-order valence-electron chi connectivity index (χ3n) is 3.24. The van der Waals surface area contributed by atoms with Gasteiger partial charge >= 0.3 is 0 Å². The summed E-state index contributed by atoms with van der Waals surface area (Å²) in [6, 6.07) is 5.79. The molecule has 2 nitrogen and oxygen atoms in total. The van der Waals surface area contributed by atoms with Crippen LogP contribution in [0.15, 0.2) is 24.3 Å². The Balaban J connectivity index is 1.64. The van der Waals surface area contributed by atoms with E-state index in [0.717, 1.165) is 38.2 Å². The Morgan fingerprint density at radius 2 is 1.95 bits per heavy atom. The highest BCUT2D eigenvalue weighted by Gasteiger charge is 2.14. The summed E-state index contributed by atoms with van der Waals surface area (Å²) in [4.78, 5) is 11.9. The van der Waals surface area contributed by atoms with Crippen molar-refractivity contribution in [2.45, 2.75) is 30.9 Å². The summed E-state index contributed by atoms with van der Waals surface area (Å²) in [5, 5.41) is 0.690.